The molecule has 0 bridgehead atoms. The molecule has 2 aromatic rings. The van der Waals surface area contributed by atoms with Gasteiger partial charge in [-0.2, -0.15) is 0 Å². The van der Waals surface area contributed by atoms with Crippen molar-refractivity contribution in [2.45, 2.75) is 6.54 Å². The number of hydrogen-bond acceptors (Lipinski definition) is 4. The summed E-state index contributed by atoms with van der Waals surface area (Å²) in [6, 6.07) is 3.59. The largest absolute Gasteiger partial charge is 0.382 e. The number of fused-ring (bicyclic) bond motifs is 1. The maximum absolute atomic E-state index is 5.57. The van der Waals surface area contributed by atoms with Gasteiger partial charge < -0.3 is 11.1 Å². The highest BCUT2D eigenvalue weighted by molar-refractivity contribution is 5.43. The van der Waals surface area contributed by atoms with Crippen LogP contribution < -0.4 is 11.1 Å². The van der Waals surface area contributed by atoms with Gasteiger partial charge in [0, 0.05) is 6.54 Å². The van der Waals surface area contributed by atoms with E-state index in [0.29, 0.717) is 5.82 Å². The zero-order valence-corrected chi connectivity index (χ0v) is 7.36. The van der Waals surface area contributed by atoms with Gasteiger partial charge in [-0.15, -0.1) is 5.10 Å². The fourth-order valence-corrected chi connectivity index (χ4v) is 1.24. The van der Waals surface area contributed by atoms with E-state index in [0.717, 1.165) is 17.9 Å². The third-order valence-corrected chi connectivity index (χ3v) is 1.81. The number of hydrogen-bond donors (Lipinski definition) is 2. The molecule has 0 aliphatic heterocycles. The quantitative estimate of drug-likeness (QED) is 0.679. The van der Waals surface area contributed by atoms with E-state index < -0.39 is 0 Å². The fraction of sp³-hybridized carbons (Fsp3) is 0.250. The van der Waals surface area contributed by atoms with E-state index in [4.69, 9.17) is 5.73 Å². The fourth-order valence-electron chi connectivity index (χ4n) is 1.24. The first-order valence-corrected chi connectivity index (χ1v) is 4.05. The van der Waals surface area contributed by atoms with Crippen LogP contribution in [0.5, 0.6) is 0 Å². The normalized spacial score (nSPS) is 10.8. The molecule has 2 aromatic heterocycles. The van der Waals surface area contributed by atoms with Crippen molar-refractivity contribution in [1.29, 1.82) is 0 Å². The zero-order chi connectivity index (χ0) is 9.26. The van der Waals surface area contributed by atoms with Crippen molar-refractivity contribution in [3.05, 3.63) is 24.0 Å². The molecule has 13 heavy (non-hydrogen) atoms. The molecule has 0 unspecified atom stereocenters. The summed E-state index contributed by atoms with van der Waals surface area (Å²) in [5.74, 6) is 0.503. The number of anilines is 1. The Kier molecular flexibility index (Phi) is 1.86. The molecule has 2 heterocycles. The van der Waals surface area contributed by atoms with Crippen LogP contribution >= 0.6 is 0 Å². The standard InChI is InChI=1S/C8H11N5/c1-10-4-6-5-11-8-3-2-7(9)12-13(6)8/h2-3,5,10H,4H2,1H3,(H2,9,12). The van der Waals surface area contributed by atoms with Crippen LogP contribution in [0, 0.1) is 0 Å². The van der Waals surface area contributed by atoms with Gasteiger partial charge in [0.1, 0.15) is 5.82 Å². The van der Waals surface area contributed by atoms with Gasteiger partial charge in [-0.1, -0.05) is 0 Å². The molecule has 0 amide bonds. The Morgan fingerprint density at radius 1 is 1.54 bits per heavy atom. The first-order chi connectivity index (χ1) is 6.31. The van der Waals surface area contributed by atoms with E-state index in [9.17, 15) is 0 Å². The molecule has 5 heteroatoms. The highest BCUT2D eigenvalue weighted by Crippen LogP contribution is 2.06. The predicted molar refractivity (Wildman–Crippen MR) is 50.2 cm³/mol. The first kappa shape index (κ1) is 8.00. The summed E-state index contributed by atoms with van der Waals surface area (Å²) in [7, 11) is 1.88. The van der Waals surface area contributed by atoms with Crippen molar-refractivity contribution in [3.63, 3.8) is 0 Å². The monoisotopic (exact) mass is 177 g/mol. The lowest BCUT2D eigenvalue weighted by Crippen LogP contribution is -2.09. The van der Waals surface area contributed by atoms with Crippen LogP contribution in [0.1, 0.15) is 5.69 Å². The van der Waals surface area contributed by atoms with Gasteiger partial charge in [-0.25, -0.2) is 9.50 Å². The molecule has 0 radical (unpaired) electrons. The predicted octanol–water partition coefficient (Wildman–Crippen LogP) is 0.0309. The summed E-state index contributed by atoms with van der Waals surface area (Å²) >= 11 is 0. The van der Waals surface area contributed by atoms with Crippen molar-refractivity contribution < 1.29 is 0 Å². The van der Waals surface area contributed by atoms with Gasteiger partial charge in [0.2, 0.25) is 0 Å². The van der Waals surface area contributed by atoms with Crippen LogP contribution in [0.25, 0.3) is 5.65 Å². The van der Waals surface area contributed by atoms with Crippen LogP contribution in [0.4, 0.5) is 5.82 Å². The number of nitrogens with one attached hydrogen (secondary N) is 1. The van der Waals surface area contributed by atoms with E-state index >= 15 is 0 Å². The van der Waals surface area contributed by atoms with E-state index in [1.807, 2.05) is 13.1 Å². The number of nitrogens with two attached hydrogens (primary N) is 1. The van der Waals surface area contributed by atoms with Crippen LogP contribution in [0.2, 0.25) is 0 Å². The number of nitrogen functional groups attached to an aromatic ring is 1. The number of rotatable bonds is 2. The van der Waals surface area contributed by atoms with Crippen LogP contribution in [-0.2, 0) is 6.54 Å². The van der Waals surface area contributed by atoms with E-state index in [-0.39, 0.29) is 0 Å². The van der Waals surface area contributed by atoms with Gasteiger partial charge in [0.15, 0.2) is 5.65 Å². The van der Waals surface area contributed by atoms with E-state index in [1.165, 1.54) is 0 Å². The molecule has 0 saturated heterocycles. The van der Waals surface area contributed by atoms with Crippen molar-refractivity contribution in [3.8, 4) is 0 Å². The Labute approximate surface area is 75.6 Å². The Hall–Kier alpha value is -1.62. The number of nitrogens with zero attached hydrogens (tertiary/aromatic N) is 3. The highest BCUT2D eigenvalue weighted by atomic mass is 15.3. The lowest BCUT2D eigenvalue weighted by atomic mass is 10.5. The second-order valence-electron chi connectivity index (χ2n) is 2.81. The minimum atomic E-state index is 0.503. The number of imidazole rings is 1. The molecule has 5 nitrogen and oxygen atoms in total. The smallest absolute Gasteiger partial charge is 0.153 e. The Morgan fingerprint density at radius 3 is 3.15 bits per heavy atom. The zero-order valence-electron chi connectivity index (χ0n) is 7.36. The van der Waals surface area contributed by atoms with Crippen molar-refractivity contribution in [2.24, 2.45) is 0 Å². The molecule has 0 fully saturated rings. The molecule has 68 valence electrons. The van der Waals surface area contributed by atoms with Gasteiger partial charge in [-0.3, -0.25) is 0 Å². The van der Waals surface area contributed by atoms with Gasteiger partial charge >= 0.3 is 0 Å². The molecule has 0 saturated carbocycles. The molecule has 0 aromatic carbocycles. The minimum absolute atomic E-state index is 0.503. The van der Waals surface area contributed by atoms with Gasteiger partial charge in [-0.05, 0) is 19.2 Å². The van der Waals surface area contributed by atoms with Gasteiger partial charge in [0.05, 0.1) is 11.9 Å². The summed E-state index contributed by atoms with van der Waals surface area (Å²) in [6.07, 6.45) is 1.79. The Bertz CT molecular complexity index is 419. The molecular formula is C8H11N5. The Morgan fingerprint density at radius 2 is 2.38 bits per heavy atom. The molecule has 0 aliphatic carbocycles. The summed E-state index contributed by atoms with van der Waals surface area (Å²) in [6.45, 7) is 0.734. The second kappa shape index (κ2) is 3.02. The summed E-state index contributed by atoms with van der Waals surface area (Å²) in [5, 5.41) is 7.19. The van der Waals surface area contributed by atoms with Crippen LogP contribution in [-0.4, -0.2) is 21.6 Å². The Balaban J connectivity index is 2.58. The van der Waals surface area contributed by atoms with Crippen molar-refractivity contribution in [1.82, 2.24) is 19.9 Å². The van der Waals surface area contributed by atoms with Crippen LogP contribution in [0.15, 0.2) is 18.3 Å². The maximum Gasteiger partial charge on any atom is 0.153 e. The highest BCUT2D eigenvalue weighted by Gasteiger charge is 2.02. The molecule has 3 N–H and O–H groups in total. The van der Waals surface area contributed by atoms with E-state index in [2.05, 4.69) is 15.4 Å². The molecule has 0 spiro atoms. The van der Waals surface area contributed by atoms with Crippen molar-refractivity contribution >= 4 is 11.5 Å². The van der Waals surface area contributed by atoms with Crippen LogP contribution in [0.3, 0.4) is 0 Å². The third-order valence-electron chi connectivity index (χ3n) is 1.81. The second-order valence-corrected chi connectivity index (χ2v) is 2.81. The lowest BCUT2D eigenvalue weighted by Gasteiger charge is -1.99. The topological polar surface area (TPSA) is 68.2 Å². The molecule has 2 rings (SSSR count). The summed E-state index contributed by atoms with van der Waals surface area (Å²) in [5.41, 5.74) is 7.39. The minimum Gasteiger partial charge on any atom is -0.382 e. The number of aromatic nitrogens is 3. The summed E-state index contributed by atoms with van der Waals surface area (Å²) < 4.78 is 1.74. The maximum atomic E-state index is 5.57. The lowest BCUT2D eigenvalue weighted by molar-refractivity contribution is 0.751. The van der Waals surface area contributed by atoms with E-state index in [1.54, 1.807) is 16.8 Å². The first-order valence-electron chi connectivity index (χ1n) is 4.05. The van der Waals surface area contributed by atoms with Crippen molar-refractivity contribution in [2.75, 3.05) is 12.8 Å². The van der Waals surface area contributed by atoms with Gasteiger partial charge in [0.25, 0.3) is 0 Å². The average molecular weight is 177 g/mol. The molecular weight excluding hydrogens is 166 g/mol. The summed E-state index contributed by atoms with van der Waals surface area (Å²) in [4.78, 5) is 4.18. The SMILES string of the molecule is CNCc1cnc2ccc(N)nn12. The molecule has 0 aliphatic rings. The average Bonchev–Trinajstić information content (AvgIpc) is 2.49. The third kappa shape index (κ3) is 1.33. The molecule has 0 atom stereocenters.